The van der Waals surface area contributed by atoms with E-state index in [1.165, 1.54) is 4.88 Å². The van der Waals surface area contributed by atoms with Gasteiger partial charge in [-0.25, -0.2) is 0 Å². The molecule has 0 saturated carbocycles. The molecule has 16 heavy (non-hydrogen) atoms. The molecule has 1 aromatic heterocycles. The van der Waals surface area contributed by atoms with Crippen LogP contribution in [-0.2, 0) is 4.74 Å². The third-order valence-electron chi connectivity index (χ3n) is 3.27. The highest BCUT2D eigenvalue weighted by atomic mass is 79.9. The van der Waals surface area contributed by atoms with Gasteiger partial charge in [-0.1, -0.05) is 0 Å². The van der Waals surface area contributed by atoms with E-state index in [-0.39, 0.29) is 5.41 Å². The highest BCUT2D eigenvalue weighted by molar-refractivity contribution is 9.10. The van der Waals surface area contributed by atoms with Crippen LogP contribution in [0.1, 0.15) is 22.3 Å². The van der Waals surface area contributed by atoms with Gasteiger partial charge in [0, 0.05) is 32.8 Å². The lowest BCUT2D eigenvalue weighted by molar-refractivity contribution is 0.0215. The van der Waals surface area contributed by atoms with E-state index in [4.69, 9.17) is 10.5 Å². The van der Waals surface area contributed by atoms with Crippen molar-refractivity contribution in [2.75, 3.05) is 19.8 Å². The first-order valence-corrected chi connectivity index (χ1v) is 6.92. The zero-order valence-corrected chi connectivity index (χ0v) is 11.6. The van der Waals surface area contributed by atoms with E-state index in [1.54, 1.807) is 11.3 Å². The molecular weight excluding hydrogens is 290 g/mol. The summed E-state index contributed by atoms with van der Waals surface area (Å²) in [7, 11) is 0. The zero-order valence-electron chi connectivity index (χ0n) is 9.20. The van der Waals surface area contributed by atoms with Crippen molar-refractivity contribution >= 4 is 27.3 Å². The van der Waals surface area contributed by atoms with Crippen molar-refractivity contribution in [3.05, 3.63) is 20.3 Å². The van der Waals surface area contributed by atoms with Crippen LogP contribution in [-0.4, -0.2) is 24.9 Å². The largest absolute Gasteiger partial charge is 0.387 e. The Kier molecular flexibility index (Phi) is 3.71. The van der Waals surface area contributed by atoms with Gasteiger partial charge < -0.3 is 15.6 Å². The van der Waals surface area contributed by atoms with E-state index in [9.17, 15) is 5.11 Å². The summed E-state index contributed by atoms with van der Waals surface area (Å²) in [6, 6.07) is 1.99. The number of hydrogen-bond donors (Lipinski definition) is 2. The van der Waals surface area contributed by atoms with E-state index in [0.29, 0.717) is 19.8 Å². The van der Waals surface area contributed by atoms with Gasteiger partial charge in [-0.15, -0.1) is 11.3 Å². The van der Waals surface area contributed by atoms with E-state index < -0.39 is 6.10 Å². The molecule has 1 aliphatic rings. The Morgan fingerprint density at radius 1 is 1.75 bits per heavy atom. The third kappa shape index (κ3) is 2.07. The number of nitrogens with two attached hydrogens (primary N) is 1. The smallest absolute Gasteiger partial charge is 0.0973 e. The minimum atomic E-state index is -0.519. The molecule has 1 aliphatic heterocycles. The van der Waals surface area contributed by atoms with Gasteiger partial charge >= 0.3 is 0 Å². The van der Waals surface area contributed by atoms with Crippen molar-refractivity contribution in [2.45, 2.75) is 19.4 Å². The number of ether oxygens (including phenoxy) is 1. The fraction of sp³-hybridized carbons (Fsp3) is 0.636. The van der Waals surface area contributed by atoms with Gasteiger partial charge in [0.15, 0.2) is 0 Å². The molecule has 1 saturated heterocycles. The summed E-state index contributed by atoms with van der Waals surface area (Å²) >= 11 is 5.08. The molecule has 0 radical (unpaired) electrons. The number of hydrogen-bond acceptors (Lipinski definition) is 4. The maximum Gasteiger partial charge on any atom is 0.0973 e. The lowest BCUT2D eigenvalue weighted by atomic mass is 9.81. The maximum absolute atomic E-state index is 10.4. The predicted molar refractivity (Wildman–Crippen MR) is 68.6 cm³/mol. The Labute approximate surface area is 108 Å². The highest BCUT2D eigenvalue weighted by Crippen LogP contribution is 2.43. The number of thiophene rings is 1. The first kappa shape index (κ1) is 12.5. The van der Waals surface area contributed by atoms with Gasteiger partial charge in [0.05, 0.1) is 12.7 Å². The lowest BCUT2D eigenvalue weighted by Gasteiger charge is -2.30. The maximum atomic E-state index is 10.4. The summed E-state index contributed by atoms with van der Waals surface area (Å²) in [6.45, 7) is 3.74. The van der Waals surface area contributed by atoms with Crippen molar-refractivity contribution in [2.24, 2.45) is 11.1 Å². The van der Waals surface area contributed by atoms with Crippen molar-refractivity contribution in [1.82, 2.24) is 0 Å². The molecule has 1 aromatic rings. The van der Waals surface area contributed by atoms with Crippen LogP contribution in [0.3, 0.4) is 0 Å². The molecule has 90 valence electrons. The first-order valence-electron chi connectivity index (χ1n) is 5.31. The predicted octanol–water partition coefficient (Wildman–Crippen LogP) is 2.22. The number of rotatable bonds is 3. The van der Waals surface area contributed by atoms with Crippen molar-refractivity contribution in [1.29, 1.82) is 0 Å². The number of aryl methyl sites for hydroxylation is 1. The molecule has 2 atom stereocenters. The Morgan fingerprint density at radius 3 is 2.94 bits per heavy atom. The Balaban J connectivity index is 2.26. The fourth-order valence-corrected chi connectivity index (χ4v) is 3.72. The highest BCUT2D eigenvalue weighted by Gasteiger charge is 2.42. The van der Waals surface area contributed by atoms with Crippen LogP contribution >= 0.6 is 27.3 Å². The summed E-state index contributed by atoms with van der Waals surface area (Å²) in [5, 5.41) is 10.4. The van der Waals surface area contributed by atoms with Gasteiger partial charge in [-0.05, 0) is 35.3 Å². The van der Waals surface area contributed by atoms with E-state index >= 15 is 0 Å². The number of aliphatic hydroxyl groups is 1. The van der Waals surface area contributed by atoms with Crippen LogP contribution in [0, 0.1) is 12.3 Å². The molecule has 2 rings (SSSR count). The minimum Gasteiger partial charge on any atom is -0.387 e. The second-order valence-corrected chi connectivity index (χ2v) is 6.47. The Morgan fingerprint density at radius 2 is 2.50 bits per heavy atom. The van der Waals surface area contributed by atoms with Crippen LogP contribution in [0.4, 0.5) is 0 Å². The van der Waals surface area contributed by atoms with Crippen molar-refractivity contribution < 1.29 is 9.84 Å². The second-order valence-electron chi connectivity index (χ2n) is 4.32. The average Bonchev–Trinajstić information content (AvgIpc) is 2.87. The van der Waals surface area contributed by atoms with E-state index in [0.717, 1.165) is 15.8 Å². The monoisotopic (exact) mass is 305 g/mol. The standard InChI is InChI=1S/C11H16BrNO2S/c1-7-8(12)4-9(16-7)10(14)11(5-13)2-3-15-6-11/h4,10,14H,2-3,5-6,13H2,1H3. The summed E-state index contributed by atoms with van der Waals surface area (Å²) in [5.74, 6) is 0. The number of aliphatic hydroxyl groups excluding tert-OH is 1. The molecule has 3 N–H and O–H groups in total. The molecule has 3 nitrogen and oxygen atoms in total. The first-order chi connectivity index (χ1) is 7.59. The van der Waals surface area contributed by atoms with E-state index in [1.807, 2.05) is 13.0 Å². The average molecular weight is 306 g/mol. The Bertz CT molecular complexity index is 355. The molecule has 0 aromatic carbocycles. The van der Waals surface area contributed by atoms with Crippen molar-refractivity contribution in [3.63, 3.8) is 0 Å². The second kappa shape index (κ2) is 4.74. The van der Waals surface area contributed by atoms with Gasteiger partial charge in [-0.2, -0.15) is 0 Å². The molecule has 0 bridgehead atoms. The molecule has 0 aliphatic carbocycles. The number of halogens is 1. The summed E-state index contributed by atoms with van der Waals surface area (Å²) < 4.78 is 6.44. The molecular formula is C11H16BrNO2S. The third-order valence-corrected chi connectivity index (χ3v) is 5.46. The minimum absolute atomic E-state index is 0.295. The van der Waals surface area contributed by atoms with Gasteiger partial charge in [-0.3, -0.25) is 0 Å². The quantitative estimate of drug-likeness (QED) is 0.900. The molecule has 0 spiro atoms. The van der Waals surface area contributed by atoms with Crippen LogP contribution in [0.2, 0.25) is 0 Å². The van der Waals surface area contributed by atoms with Gasteiger partial charge in [0.25, 0.3) is 0 Å². The van der Waals surface area contributed by atoms with Gasteiger partial charge in [0.2, 0.25) is 0 Å². The van der Waals surface area contributed by atoms with Crippen LogP contribution in [0.15, 0.2) is 10.5 Å². The van der Waals surface area contributed by atoms with E-state index in [2.05, 4.69) is 15.9 Å². The van der Waals surface area contributed by atoms with Crippen LogP contribution < -0.4 is 5.73 Å². The normalized spacial score (nSPS) is 27.2. The van der Waals surface area contributed by atoms with Crippen LogP contribution in [0.25, 0.3) is 0 Å². The Hall–Kier alpha value is 0.0600. The molecule has 2 heterocycles. The topological polar surface area (TPSA) is 55.5 Å². The molecule has 0 amide bonds. The zero-order chi connectivity index (χ0) is 11.8. The molecule has 2 unspecified atom stereocenters. The summed E-state index contributed by atoms with van der Waals surface area (Å²) in [5.41, 5.74) is 5.51. The fourth-order valence-electron chi connectivity index (χ4n) is 2.03. The van der Waals surface area contributed by atoms with Crippen LogP contribution in [0.5, 0.6) is 0 Å². The molecule has 5 heteroatoms. The SMILES string of the molecule is Cc1sc(C(O)C2(CN)CCOC2)cc1Br. The van der Waals surface area contributed by atoms with Crippen molar-refractivity contribution in [3.8, 4) is 0 Å². The van der Waals surface area contributed by atoms with Gasteiger partial charge in [0.1, 0.15) is 0 Å². The lowest BCUT2D eigenvalue weighted by Crippen LogP contribution is -2.37. The molecule has 1 fully saturated rings. The summed E-state index contributed by atoms with van der Waals surface area (Å²) in [6.07, 6.45) is 0.314. The summed E-state index contributed by atoms with van der Waals surface area (Å²) in [4.78, 5) is 2.15.